The van der Waals surface area contributed by atoms with Gasteiger partial charge in [-0.1, -0.05) is 13.8 Å². The number of hydrogen-bond acceptors (Lipinski definition) is 1. The van der Waals surface area contributed by atoms with E-state index in [0.717, 1.165) is 5.11 Å². The van der Waals surface area contributed by atoms with Crippen molar-refractivity contribution >= 4 is 17.3 Å². The fourth-order valence-electron chi connectivity index (χ4n) is 2.39. The van der Waals surface area contributed by atoms with Gasteiger partial charge in [0.25, 0.3) is 0 Å². The molecule has 2 aliphatic rings. The van der Waals surface area contributed by atoms with Gasteiger partial charge in [0, 0.05) is 5.70 Å². The molecule has 1 atom stereocenters. The van der Waals surface area contributed by atoms with Crippen molar-refractivity contribution < 1.29 is 0 Å². The highest BCUT2D eigenvalue weighted by Crippen LogP contribution is 2.30. The van der Waals surface area contributed by atoms with Crippen LogP contribution in [0, 0.1) is 5.92 Å². The minimum Gasteiger partial charge on any atom is -0.356 e. The third kappa shape index (κ3) is 1.78. The highest BCUT2D eigenvalue weighted by Gasteiger charge is 2.28. The maximum Gasteiger partial charge on any atom is 0.171 e. The lowest BCUT2D eigenvalue weighted by molar-refractivity contribution is 0.452. The molecule has 0 amide bonds. The summed E-state index contributed by atoms with van der Waals surface area (Å²) in [5.41, 5.74) is 2.97. The zero-order valence-corrected chi connectivity index (χ0v) is 9.71. The largest absolute Gasteiger partial charge is 0.356 e. The SMILES string of the molecule is CC(C)C1NC(=S)NC2=C1CCCC2. The highest BCUT2D eigenvalue weighted by atomic mass is 32.1. The van der Waals surface area contributed by atoms with E-state index in [2.05, 4.69) is 24.5 Å². The van der Waals surface area contributed by atoms with Gasteiger partial charge in [0.05, 0.1) is 6.04 Å². The fraction of sp³-hybridized carbons (Fsp3) is 0.727. The zero-order valence-electron chi connectivity index (χ0n) is 8.89. The minimum absolute atomic E-state index is 0.471. The normalized spacial score (nSPS) is 27.1. The molecular formula is C11H18N2S. The molecule has 1 aliphatic heterocycles. The molecule has 0 saturated heterocycles. The summed E-state index contributed by atoms with van der Waals surface area (Å²) in [6.45, 7) is 4.51. The van der Waals surface area contributed by atoms with Crippen LogP contribution in [0.15, 0.2) is 11.3 Å². The average molecular weight is 210 g/mol. The first kappa shape index (κ1) is 9.97. The molecule has 78 valence electrons. The highest BCUT2D eigenvalue weighted by molar-refractivity contribution is 7.80. The molecule has 1 heterocycles. The van der Waals surface area contributed by atoms with E-state index in [0.29, 0.717) is 12.0 Å². The van der Waals surface area contributed by atoms with Crippen molar-refractivity contribution in [1.29, 1.82) is 0 Å². The topological polar surface area (TPSA) is 24.1 Å². The van der Waals surface area contributed by atoms with Gasteiger partial charge in [-0.15, -0.1) is 0 Å². The molecule has 1 unspecified atom stereocenters. The van der Waals surface area contributed by atoms with E-state index in [-0.39, 0.29) is 0 Å². The Kier molecular flexibility index (Phi) is 2.77. The van der Waals surface area contributed by atoms with E-state index in [1.54, 1.807) is 5.57 Å². The van der Waals surface area contributed by atoms with Gasteiger partial charge in [-0.3, -0.25) is 0 Å². The van der Waals surface area contributed by atoms with E-state index < -0.39 is 0 Å². The van der Waals surface area contributed by atoms with E-state index >= 15 is 0 Å². The predicted octanol–water partition coefficient (Wildman–Crippen LogP) is 2.32. The Labute approximate surface area is 91.1 Å². The van der Waals surface area contributed by atoms with Gasteiger partial charge in [-0.05, 0) is 49.4 Å². The smallest absolute Gasteiger partial charge is 0.171 e. The van der Waals surface area contributed by atoms with Gasteiger partial charge >= 0.3 is 0 Å². The molecule has 0 bridgehead atoms. The van der Waals surface area contributed by atoms with Crippen molar-refractivity contribution in [3.8, 4) is 0 Å². The Balaban J connectivity index is 2.27. The molecule has 0 radical (unpaired) electrons. The van der Waals surface area contributed by atoms with Crippen LogP contribution in [-0.4, -0.2) is 11.2 Å². The van der Waals surface area contributed by atoms with E-state index in [4.69, 9.17) is 12.2 Å². The lowest BCUT2D eigenvalue weighted by atomic mass is 9.85. The molecule has 14 heavy (non-hydrogen) atoms. The summed E-state index contributed by atoms with van der Waals surface area (Å²) in [7, 11) is 0. The van der Waals surface area contributed by atoms with Crippen molar-refractivity contribution in [1.82, 2.24) is 10.6 Å². The Bertz CT molecular complexity index is 281. The van der Waals surface area contributed by atoms with Crippen LogP contribution in [0.5, 0.6) is 0 Å². The van der Waals surface area contributed by atoms with Crippen molar-refractivity contribution in [3.63, 3.8) is 0 Å². The molecule has 0 spiro atoms. The van der Waals surface area contributed by atoms with Gasteiger partial charge in [-0.25, -0.2) is 0 Å². The van der Waals surface area contributed by atoms with Crippen LogP contribution in [0.2, 0.25) is 0 Å². The fourth-order valence-corrected chi connectivity index (χ4v) is 2.64. The van der Waals surface area contributed by atoms with Crippen molar-refractivity contribution in [2.75, 3.05) is 0 Å². The first-order chi connectivity index (χ1) is 6.68. The second kappa shape index (κ2) is 3.89. The molecule has 0 aromatic heterocycles. The van der Waals surface area contributed by atoms with Crippen LogP contribution in [0.1, 0.15) is 39.5 Å². The van der Waals surface area contributed by atoms with Crippen LogP contribution in [-0.2, 0) is 0 Å². The number of rotatable bonds is 1. The molecule has 0 aromatic carbocycles. The molecule has 2 rings (SSSR count). The maximum absolute atomic E-state index is 5.21. The quantitative estimate of drug-likeness (QED) is 0.650. The van der Waals surface area contributed by atoms with Crippen LogP contribution < -0.4 is 10.6 Å². The van der Waals surface area contributed by atoms with Gasteiger partial charge in [0.15, 0.2) is 5.11 Å². The Morgan fingerprint density at radius 1 is 1.29 bits per heavy atom. The van der Waals surface area contributed by atoms with Crippen molar-refractivity contribution in [2.24, 2.45) is 5.92 Å². The molecule has 1 aliphatic carbocycles. The number of hydrogen-bond donors (Lipinski definition) is 2. The lowest BCUT2D eigenvalue weighted by Gasteiger charge is -2.36. The van der Waals surface area contributed by atoms with Gasteiger partial charge in [0.1, 0.15) is 0 Å². The maximum atomic E-state index is 5.21. The number of allylic oxidation sites excluding steroid dienone is 1. The summed E-state index contributed by atoms with van der Waals surface area (Å²) in [4.78, 5) is 0. The summed E-state index contributed by atoms with van der Waals surface area (Å²) in [6.07, 6.45) is 5.05. The average Bonchev–Trinajstić information content (AvgIpc) is 2.16. The predicted molar refractivity (Wildman–Crippen MR) is 63.0 cm³/mol. The molecule has 2 nitrogen and oxygen atoms in total. The molecule has 2 N–H and O–H groups in total. The molecule has 0 aromatic rings. The summed E-state index contributed by atoms with van der Waals surface area (Å²) < 4.78 is 0. The molecule has 0 fully saturated rings. The van der Waals surface area contributed by atoms with Crippen LogP contribution in [0.25, 0.3) is 0 Å². The minimum atomic E-state index is 0.471. The summed E-state index contributed by atoms with van der Waals surface area (Å²) in [5.74, 6) is 0.623. The Morgan fingerprint density at radius 2 is 2.00 bits per heavy atom. The zero-order chi connectivity index (χ0) is 10.1. The van der Waals surface area contributed by atoms with Crippen molar-refractivity contribution in [2.45, 2.75) is 45.6 Å². The summed E-state index contributed by atoms with van der Waals surface area (Å²) in [5, 5.41) is 7.49. The number of thiocarbonyl (C=S) groups is 1. The molecule has 0 saturated carbocycles. The second-order valence-electron chi connectivity index (χ2n) is 4.53. The third-order valence-corrected chi connectivity index (χ3v) is 3.32. The summed E-state index contributed by atoms with van der Waals surface area (Å²) >= 11 is 5.21. The molecular weight excluding hydrogens is 192 g/mol. The Morgan fingerprint density at radius 3 is 2.71 bits per heavy atom. The van der Waals surface area contributed by atoms with E-state index in [1.807, 2.05) is 0 Å². The van der Waals surface area contributed by atoms with Crippen LogP contribution in [0.4, 0.5) is 0 Å². The van der Waals surface area contributed by atoms with Crippen LogP contribution >= 0.6 is 12.2 Å². The standard InChI is InChI=1S/C11H18N2S/c1-7(2)10-8-5-3-4-6-9(8)12-11(14)13-10/h7,10H,3-6H2,1-2H3,(H2,12,13,14). The van der Waals surface area contributed by atoms with Gasteiger partial charge < -0.3 is 10.6 Å². The summed E-state index contributed by atoms with van der Waals surface area (Å²) in [6, 6.07) is 0.471. The van der Waals surface area contributed by atoms with Crippen molar-refractivity contribution in [3.05, 3.63) is 11.3 Å². The first-order valence-electron chi connectivity index (χ1n) is 5.48. The van der Waals surface area contributed by atoms with E-state index in [9.17, 15) is 0 Å². The second-order valence-corrected chi connectivity index (χ2v) is 4.94. The molecule has 3 heteroatoms. The monoisotopic (exact) mass is 210 g/mol. The number of nitrogens with one attached hydrogen (secondary N) is 2. The van der Waals surface area contributed by atoms with Crippen LogP contribution in [0.3, 0.4) is 0 Å². The van der Waals surface area contributed by atoms with E-state index in [1.165, 1.54) is 31.4 Å². The Hall–Kier alpha value is -0.570. The third-order valence-electron chi connectivity index (χ3n) is 3.10. The van der Waals surface area contributed by atoms with Gasteiger partial charge in [0.2, 0.25) is 0 Å². The first-order valence-corrected chi connectivity index (χ1v) is 5.88. The lowest BCUT2D eigenvalue weighted by Crippen LogP contribution is -2.51. The van der Waals surface area contributed by atoms with Gasteiger partial charge in [-0.2, -0.15) is 0 Å².